The van der Waals surface area contributed by atoms with Crippen LogP contribution in [0.25, 0.3) is 0 Å². The van der Waals surface area contributed by atoms with Gasteiger partial charge >= 0.3 is 10.3 Å². The molecule has 11 nitrogen and oxygen atoms in total. The van der Waals surface area contributed by atoms with Crippen molar-refractivity contribution in [2.75, 3.05) is 18.5 Å². The van der Waals surface area contributed by atoms with Crippen molar-refractivity contribution in [3.63, 3.8) is 0 Å². The second-order valence-electron chi connectivity index (χ2n) is 7.82. The van der Waals surface area contributed by atoms with E-state index < -0.39 is 16.4 Å². The highest BCUT2D eigenvalue weighted by Crippen LogP contribution is 2.32. The molecule has 3 heterocycles. The van der Waals surface area contributed by atoms with E-state index in [1.807, 2.05) is 4.72 Å². The van der Waals surface area contributed by atoms with Gasteiger partial charge in [-0.3, -0.25) is 9.35 Å². The van der Waals surface area contributed by atoms with Gasteiger partial charge in [-0.05, 0) is 31.7 Å². The number of aromatic nitrogens is 2. The minimum Gasteiger partial charge on any atom is -0.460 e. The van der Waals surface area contributed by atoms with Crippen molar-refractivity contribution >= 4 is 21.9 Å². The largest absolute Gasteiger partial charge is 0.460 e. The summed E-state index contributed by atoms with van der Waals surface area (Å²) in [7, 11) is -4.33. The number of nitrogens with one attached hydrogen (secondary N) is 2. The Kier molecular flexibility index (Phi) is 6.34. The molecule has 1 saturated carbocycles. The summed E-state index contributed by atoms with van der Waals surface area (Å²) in [6, 6.07) is 1.43. The molecule has 2 aromatic rings. The summed E-state index contributed by atoms with van der Waals surface area (Å²) in [6.07, 6.45) is 6.00. The third-order valence-electron chi connectivity index (χ3n) is 5.63. The summed E-state index contributed by atoms with van der Waals surface area (Å²) in [5.74, 6) is -0.310. The van der Waals surface area contributed by atoms with Crippen LogP contribution in [0, 0.1) is 5.92 Å². The maximum atomic E-state index is 13.0. The van der Waals surface area contributed by atoms with Gasteiger partial charge in [0.2, 0.25) is 5.78 Å². The lowest BCUT2D eigenvalue weighted by Gasteiger charge is -2.15. The highest BCUT2D eigenvalue weighted by molar-refractivity contribution is 7.83. The van der Waals surface area contributed by atoms with Gasteiger partial charge in [0.15, 0.2) is 5.76 Å². The third kappa shape index (κ3) is 5.28. The molecule has 2 aromatic heterocycles. The maximum absolute atomic E-state index is 13.0. The molecule has 1 aliphatic heterocycles. The van der Waals surface area contributed by atoms with Gasteiger partial charge < -0.3 is 19.6 Å². The average molecular weight is 452 g/mol. The fourth-order valence-corrected chi connectivity index (χ4v) is 4.49. The van der Waals surface area contributed by atoms with Crippen molar-refractivity contribution in [1.29, 1.82) is 0 Å². The van der Waals surface area contributed by atoms with E-state index in [2.05, 4.69) is 15.3 Å². The molecule has 2 aliphatic rings. The number of anilines is 1. The van der Waals surface area contributed by atoms with E-state index in [1.54, 1.807) is 6.07 Å². The number of ether oxygens (including phenoxy) is 1. The molecule has 1 saturated heterocycles. The monoisotopic (exact) mass is 452 g/mol. The molecule has 12 heteroatoms. The Labute approximate surface area is 179 Å². The number of aliphatic hydroxyl groups is 1. The van der Waals surface area contributed by atoms with E-state index in [1.165, 1.54) is 18.8 Å². The number of nitrogens with zero attached hydrogens (tertiary/aromatic N) is 2. The van der Waals surface area contributed by atoms with E-state index in [0.29, 0.717) is 25.3 Å². The van der Waals surface area contributed by atoms with Crippen molar-refractivity contribution in [3.8, 4) is 0 Å². The van der Waals surface area contributed by atoms with Crippen molar-refractivity contribution in [2.24, 2.45) is 5.92 Å². The second kappa shape index (κ2) is 9.01. The van der Waals surface area contributed by atoms with Crippen molar-refractivity contribution in [3.05, 3.63) is 41.7 Å². The summed E-state index contributed by atoms with van der Waals surface area (Å²) in [5.41, 5.74) is 1.05. The smallest absolute Gasteiger partial charge is 0.333 e. The Bertz CT molecular complexity index is 1040. The quantitative estimate of drug-likeness (QED) is 0.337. The van der Waals surface area contributed by atoms with Gasteiger partial charge in [-0.15, -0.1) is 0 Å². The zero-order valence-corrected chi connectivity index (χ0v) is 17.4. The minimum atomic E-state index is -4.33. The molecule has 0 aromatic carbocycles. The number of aliphatic hydroxyl groups excluding tert-OH is 1. The molecule has 168 valence electrons. The van der Waals surface area contributed by atoms with E-state index in [9.17, 15) is 18.3 Å². The van der Waals surface area contributed by atoms with Crippen LogP contribution in [0.2, 0.25) is 0 Å². The zero-order valence-electron chi connectivity index (χ0n) is 16.6. The molecule has 1 aliphatic carbocycles. The predicted octanol–water partition coefficient (Wildman–Crippen LogP) is 1.10. The van der Waals surface area contributed by atoms with Gasteiger partial charge in [0.1, 0.15) is 12.1 Å². The van der Waals surface area contributed by atoms with Crippen LogP contribution in [0.5, 0.6) is 0 Å². The van der Waals surface area contributed by atoms with Crippen LogP contribution >= 0.6 is 0 Å². The highest BCUT2D eigenvalue weighted by atomic mass is 32.2. The maximum Gasteiger partial charge on any atom is 0.333 e. The number of carbonyl (C=O) groups excluding carboxylic acids is 1. The number of hydrogen-bond acceptors (Lipinski definition) is 9. The molecule has 0 amide bonds. The Morgan fingerprint density at radius 2 is 2.16 bits per heavy atom. The first-order valence-electron chi connectivity index (χ1n) is 10.0. The first-order valence-corrected chi connectivity index (χ1v) is 11.5. The van der Waals surface area contributed by atoms with Crippen LogP contribution in [0.3, 0.4) is 0 Å². The normalized spacial score (nSPS) is 26.3. The lowest BCUT2D eigenvalue weighted by atomic mass is 10.1. The highest BCUT2D eigenvalue weighted by Gasteiger charge is 2.34. The van der Waals surface area contributed by atoms with Crippen LogP contribution in [0.15, 0.2) is 29.3 Å². The first-order chi connectivity index (χ1) is 14.8. The number of furan rings is 1. The number of ketones is 1. The zero-order chi connectivity index (χ0) is 22.0. The molecular weight excluding hydrogens is 428 g/mol. The summed E-state index contributed by atoms with van der Waals surface area (Å²) in [4.78, 5) is 21.1. The second-order valence-corrected chi connectivity index (χ2v) is 9.06. The standard InChI is InChI=1S/C19H24N4O7S/c24-15-6-13(4-11(15)7-22-31(26,27)28)23-19-14(8-20-10-21-19)18(25)17-5-12(9-30-17)16-2-1-3-29-16/h5,8-11,13,15-16,22,24H,1-4,6-7H2,(H,20,21,23)(H,26,27,28)/t11-,13-,15+,16-/m1/s1. The van der Waals surface area contributed by atoms with E-state index >= 15 is 0 Å². The summed E-state index contributed by atoms with van der Waals surface area (Å²) >= 11 is 0. The predicted molar refractivity (Wildman–Crippen MR) is 108 cm³/mol. The SMILES string of the molecule is O=C(c1cc([C@H]2CCCO2)co1)c1cncnc1N[C@@H]1C[C@H](CNS(=O)(=O)O)[C@@H](O)C1. The summed E-state index contributed by atoms with van der Waals surface area (Å²) in [5, 5.41) is 13.4. The fraction of sp³-hybridized carbons (Fsp3) is 0.526. The van der Waals surface area contributed by atoms with Crippen LogP contribution in [-0.4, -0.2) is 59.1 Å². The third-order valence-corrected chi connectivity index (χ3v) is 6.16. The summed E-state index contributed by atoms with van der Waals surface area (Å²) < 4.78 is 43.7. The molecular formula is C19H24N4O7S. The Balaban J connectivity index is 1.45. The topological polar surface area (TPSA) is 164 Å². The Morgan fingerprint density at radius 1 is 1.32 bits per heavy atom. The van der Waals surface area contributed by atoms with Crippen LogP contribution in [0.4, 0.5) is 5.82 Å². The minimum absolute atomic E-state index is 0.0665. The molecule has 31 heavy (non-hydrogen) atoms. The van der Waals surface area contributed by atoms with Gasteiger partial charge in [-0.25, -0.2) is 9.97 Å². The van der Waals surface area contributed by atoms with Crippen molar-refractivity contribution < 1.29 is 32.0 Å². The van der Waals surface area contributed by atoms with E-state index in [-0.39, 0.29) is 41.7 Å². The van der Waals surface area contributed by atoms with E-state index in [4.69, 9.17) is 13.7 Å². The van der Waals surface area contributed by atoms with Gasteiger partial charge in [-0.1, -0.05) is 0 Å². The van der Waals surface area contributed by atoms with Crippen molar-refractivity contribution in [2.45, 2.75) is 43.9 Å². The van der Waals surface area contributed by atoms with Crippen LogP contribution in [0.1, 0.15) is 53.5 Å². The number of rotatable bonds is 8. The molecule has 4 N–H and O–H groups in total. The van der Waals surface area contributed by atoms with Crippen LogP contribution in [-0.2, 0) is 15.0 Å². The fourth-order valence-electron chi connectivity index (χ4n) is 4.07. The summed E-state index contributed by atoms with van der Waals surface area (Å²) in [6.45, 7) is 0.597. The van der Waals surface area contributed by atoms with Crippen LogP contribution < -0.4 is 10.0 Å². The van der Waals surface area contributed by atoms with Gasteiger partial charge in [0.05, 0.1) is 24.0 Å². The lowest BCUT2D eigenvalue weighted by Crippen LogP contribution is -2.32. The Hall–Kier alpha value is -2.38. The number of carbonyl (C=O) groups is 1. The Morgan fingerprint density at radius 3 is 2.90 bits per heavy atom. The first kappa shape index (κ1) is 21.8. The molecule has 0 radical (unpaired) electrons. The average Bonchev–Trinajstić information content (AvgIpc) is 3.47. The van der Waals surface area contributed by atoms with Gasteiger partial charge in [-0.2, -0.15) is 13.1 Å². The lowest BCUT2D eigenvalue weighted by molar-refractivity contribution is 0.101. The molecule has 0 unspecified atom stereocenters. The molecule has 4 atom stereocenters. The molecule has 0 bridgehead atoms. The number of hydrogen-bond donors (Lipinski definition) is 4. The van der Waals surface area contributed by atoms with Crippen molar-refractivity contribution in [1.82, 2.24) is 14.7 Å². The van der Waals surface area contributed by atoms with Gasteiger partial charge in [0.25, 0.3) is 0 Å². The molecule has 0 spiro atoms. The molecule has 4 rings (SSSR count). The molecule has 2 fully saturated rings. The van der Waals surface area contributed by atoms with E-state index in [0.717, 1.165) is 18.4 Å². The van der Waals surface area contributed by atoms with Gasteiger partial charge in [0, 0.05) is 36.9 Å².